The number of benzene rings is 1. The molecule has 0 atom stereocenters. The highest BCUT2D eigenvalue weighted by molar-refractivity contribution is 8.13. The van der Waals surface area contributed by atoms with E-state index in [0.29, 0.717) is 0 Å². The zero-order chi connectivity index (χ0) is 13.5. The zero-order valence-corrected chi connectivity index (χ0v) is 11.9. The van der Waals surface area contributed by atoms with E-state index in [9.17, 15) is 0 Å². The Hall–Kier alpha value is -1.51. The molecule has 2 rings (SSSR count). The monoisotopic (exact) mass is 274 g/mol. The van der Waals surface area contributed by atoms with Crippen LogP contribution in [0.1, 0.15) is 5.56 Å². The first-order chi connectivity index (χ1) is 9.33. The van der Waals surface area contributed by atoms with Gasteiger partial charge in [-0.2, -0.15) is 5.26 Å². The number of piperazine rings is 1. The molecule has 0 spiro atoms. The number of aliphatic imine (C=N–C) groups is 1. The predicted octanol–water partition coefficient (Wildman–Crippen LogP) is 2.00. The summed E-state index contributed by atoms with van der Waals surface area (Å²) < 4.78 is 0. The Morgan fingerprint density at radius 3 is 2.53 bits per heavy atom. The SMILES string of the molecule is CSC(=NC#N)N1CCN(Cc2ccccc2)CC1. The van der Waals surface area contributed by atoms with Gasteiger partial charge in [0.05, 0.1) is 0 Å². The molecule has 100 valence electrons. The largest absolute Gasteiger partial charge is 0.348 e. The third-order valence-corrected chi connectivity index (χ3v) is 3.93. The molecular weight excluding hydrogens is 256 g/mol. The average molecular weight is 274 g/mol. The summed E-state index contributed by atoms with van der Waals surface area (Å²) in [6.45, 7) is 4.90. The Balaban J connectivity index is 1.86. The van der Waals surface area contributed by atoms with Crippen LogP contribution >= 0.6 is 11.8 Å². The van der Waals surface area contributed by atoms with Crippen molar-refractivity contribution >= 4 is 16.9 Å². The molecule has 0 amide bonds. The Labute approximate surface area is 118 Å². The van der Waals surface area contributed by atoms with Crippen LogP contribution in [0.4, 0.5) is 0 Å². The molecule has 1 aliphatic rings. The molecule has 1 aromatic carbocycles. The molecule has 0 saturated carbocycles. The second-order valence-electron chi connectivity index (χ2n) is 4.45. The first-order valence-corrected chi connectivity index (χ1v) is 7.58. The van der Waals surface area contributed by atoms with Gasteiger partial charge in [0.1, 0.15) is 0 Å². The average Bonchev–Trinajstić information content (AvgIpc) is 2.47. The minimum absolute atomic E-state index is 0.835. The van der Waals surface area contributed by atoms with E-state index < -0.39 is 0 Å². The quantitative estimate of drug-likeness (QED) is 0.470. The summed E-state index contributed by atoms with van der Waals surface area (Å²) in [4.78, 5) is 8.50. The third-order valence-electron chi connectivity index (χ3n) is 3.22. The highest BCUT2D eigenvalue weighted by Gasteiger charge is 2.19. The van der Waals surface area contributed by atoms with E-state index in [1.54, 1.807) is 11.8 Å². The Morgan fingerprint density at radius 1 is 1.26 bits per heavy atom. The van der Waals surface area contributed by atoms with Crippen LogP contribution in [0.5, 0.6) is 0 Å². The maximum atomic E-state index is 8.66. The lowest BCUT2D eigenvalue weighted by Gasteiger charge is -2.35. The normalized spacial score (nSPS) is 17.3. The molecular formula is C14H18N4S. The maximum Gasteiger partial charge on any atom is 0.208 e. The van der Waals surface area contributed by atoms with Crippen molar-refractivity contribution in [3.8, 4) is 6.19 Å². The van der Waals surface area contributed by atoms with E-state index in [1.165, 1.54) is 5.56 Å². The summed E-state index contributed by atoms with van der Waals surface area (Å²) in [5, 5.41) is 9.49. The van der Waals surface area contributed by atoms with Crippen LogP contribution in [0.15, 0.2) is 35.3 Å². The molecule has 1 saturated heterocycles. The van der Waals surface area contributed by atoms with Gasteiger partial charge < -0.3 is 4.90 Å². The van der Waals surface area contributed by atoms with Crippen molar-refractivity contribution in [3.05, 3.63) is 35.9 Å². The smallest absolute Gasteiger partial charge is 0.208 e. The molecule has 0 aliphatic carbocycles. The maximum absolute atomic E-state index is 8.66. The number of nitriles is 1. The molecule has 0 bridgehead atoms. The van der Waals surface area contributed by atoms with Crippen molar-refractivity contribution in [1.29, 1.82) is 5.26 Å². The fourth-order valence-corrected chi connectivity index (χ4v) is 2.80. The number of hydrogen-bond acceptors (Lipinski definition) is 4. The first kappa shape index (κ1) is 13.9. The van der Waals surface area contributed by atoms with Gasteiger partial charge in [-0.1, -0.05) is 42.1 Å². The van der Waals surface area contributed by atoms with Gasteiger partial charge in [0.15, 0.2) is 5.17 Å². The summed E-state index contributed by atoms with van der Waals surface area (Å²) in [5.74, 6) is 0. The molecule has 1 fully saturated rings. The number of hydrogen-bond donors (Lipinski definition) is 0. The summed E-state index contributed by atoms with van der Waals surface area (Å²) in [6.07, 6.45) is 3.84. The van der Waals surface area contributed by atoms with Crippen LogP contribution in [0.25, 0.3) is 0 Å². The van der Waals surface area contributed by atoms with Crippen LogP contribution in [0.2, 0.25) is 0 Å². The van der Waals surface area contributed by atoms with Gasteiger partial charge in [-0.05, 0) is 11.8 Å². The first-order valence-electron chi connectivity index (χ1n) is 6.35. The lowest BCUT2D eigenvalue weighted by atomic mass is 10.2. The lowest BCUT2D eigenvalue weighted by molar-refractivity contribution is 0.177. The van der Waals surface area contributed by atoms with Crippen molar-refractivity contribution in [2.24, 2.45) is 4.99 Å². The molecule has 0 radical (unpaired) electrons. The van der Waals surface area contributed by atoms with Gasteiger partial charge in [-0.3, -0.25) is 4.90 Å². The van der Waals surface area contributed by atoms with Crippen LogP contribution in [-0.4, -0.2) is 47.4 Å². The minimum Gasteiger partial charge on any atom is -0.348 e. The van der Waals surface area contributed by atoms with E-state index >= 15 is 0 Å². The van der Waals surface area contributed by atoms with Crippen LogP contribution in [0, 0.1) is 11.5 Å². The van der Waals surface area contributed by atoms with Gasteiger partial charge in [0, 0.05) is 32.7 Å². The molecule has 1 aromatic rings. The van der Waals surface area contributed by atoms with E-state index in [2.05, 4.69) is 39.1 Å². The van der Waals surface area contributed by atoms with Crippen molar-refractivity contribution < 1.29 is 0 Å². The van der Waals surface area contributed by atoms with Crippen molar-refractivity contribution in [1.82, 2.24) is 9.80 Å². The molecule has 4 nitrogen and oxygen atoms in total. The number of amidine groups is 1. The predicted molar refractivity (Wildman–Crippen MR) is 79.9 cm³/mol. The van der Waals surface area contributed by atoms with Crippen LogP contribution < -0.4 is 0 Å². The summed E-state index contributed by atoms with van der Waals surface area (Å²) in [5.41, 5.74) is 1.35. The number of thioether (sulfide) groups is 1. The zero-order valence-electron chi connectivity index (χ0n) is 11.1. The summed E-state index contributed by atoms with van der Waals surface area (Å²) in [7, 11) is 0. The topological polar surface area (TPSA) is 42.6 Å². The molecule has 0 unspecified atom stereocenters. The lowest BCUT2D eigenvalue weighted by Crippen LogP contribution is -2.47. The van der Waals surface area contributed by atoms with E-state index in [0.717, 1.165) is 37.9 Å². The number of nitrogens with zero attached hydrogens (tertiary/aromatic N) is 4. The second-order valence-corrected chi connectivity index (χ2v) is 5.22. The van der Waals surface area contributed by atoms with Crippen molar-refractivity contribution in [3.63, 3.8) is 0 Å². The van der Waals surface area contributed by atoms with E-state index in [1.807, 2.05) is 18.5 Å². The van der Waals surface area contributed by atoms with Gasteiger partial charge >= 0.3 is 0 Å². The molecule has 19 heavy (non-hydrogen) atoms. The van der Waals surface area contributed by atoms with Crippen LogP contribution in [-0.2, 0) is 6.54 Å². The Kier molecular flexibility index (Phi) is 5.25. The fraction of sp³-hybridized carbons (Fsp3) is 0.429. The highest BCUT2D eigenvalue weighted by Crippen LogP contribution is 2.12. The standard InChI is InChI=1S/C14H18N4S/c1-19-14(16-12-15)18-9-7-17(8-10-18)11-13-5-3-2-4-6-13/h2-6H,7-11H2,1H3. The molecule has 0 N–H and O–H groups in total. The van der Waals surface area contributed by atoms with Gasteiger partial charge in [0.25, 0.3) is 0 Å². The molecule has 1 aliphatic heterocycles. The number of rotatable bonds is 2. The summed E-state index contributed by atoms with van der Waals surface area (Å²) in [6, 6.07) is 10.5. The van der Waals surface area contributed by atoms with Crippen molar-refractivity contribution in [2.45, 2.75) is 6.54 Å². The van der Waals surface area contributed by atoms with Crippen molar-refractivity contribution in [2.75, 3.05) is 32.4 Å². The summed E-state index contributed by atoms with van der Waals surface area (Å²) >= 11 is 1.54. The van der Waals surface area contributed by atoms with Gasteiger partial charge in [-0.15, -0.1) is 4.99 Å². The van der Waals surface area contributed by atoms with E-state index in [-0.39, 0.29) is 0 Å². The second kappa shape index (κ2) is 7.17. The van der Waals surface area contributed by atoms with Gasteiger partial charge in [-0.25, -0.2) is 0 Å². The fourth-order valence-electron chi connectivity index (χ4n) is 2.23. The molecule has 0 aromatic heterocycles. The van der Waals surface area contributed by atoms with Gasteiger partial charge in [0.2, 0.25) is 6.19 Å². The minimum atomic E-state index is 0.835. The highest BCUT2D eigenvalue weighted by atomic mass is 32.2. The molecule has 1 heterocycles. The van der Waals surface area contributed by atoms with Crippen LogP contribution in [0.3, 0.4) is 0 Å². The Morgan fingerprint density at radius 2 is 1.95 bits per heavy atom. The molecule has 5 heteroatoms. The van der Waals surface area contributed by atoms with E-state index in [4.69, 9.17) is 5.26 Å². The Bertz CT molecular complexity index is 458. The third kappa shape index (κ3) is 3.98.